The van der Waals surface area contributed by atoms with Crippen LogP contribution in [0.15, 0.2) is 24.3 Å². The zero-order chi connectivity index (χ0) is 13.9. The Morgan fingerprint density at radius 3 is 2.63 bits per heavy atom. The summed E-state index contributed by atoms with van der Waals surface area (Å²) in [6.45, 7) is 2.04. The summed E-state index contributed by atoms with van der Waals surface area (Å²) >= 11 is 0. The SMILES string of the molecule is COCCOCCNC(=O)Cc1ccc(C#N)cc1. The van der Waals surface area contributed by atoms with Crippen molar-refractivity contribution in [3.05, 3.63) is 35.4 Å². The van der Waals surface area contributed by atoms with Crippen LogP contribution in [0.5, 0.6) is 0 Å². The van der Waals surface area contributed by atoms with Crippen LogP contribution in [-0.2, 0) is 20.7 Å². The highest BCUT2D eigenvalue weighted by atomic mass is 16.5. The number of carbonyl (C=O) groups excluding carboxylic acids is 1. The van der Waals surface area contributed by atoms with E-state index in [2.05, 4.69) is 5.32 Å². The maximum Gasteiger partial charge on any atom is 0.224 e. The molecule has 0 bridgehead atoms. The molecule has 5 heteroatoms. The minimum Gasteiger partial charge on any atom is -0.382 e. The van der Waals surface area contributed by atoms with Gasteiger partial charge in [0.2, 0.25) is 5.91 Å². The van der Waals surface area contributed by atoms with Gasteiger partial charge in [0.15, 0.2) is 0 Å². The highest BCUT2D eigenvalue weighted by Crippen LogP contribution is 2.03. The second kappa shape index (κ2) is 9.09. The molecule has 0 spiro atoms. The third-order valence-corrected chi connectivity index (χ3v) is 2.45. The van der Waals surface area contributed by atoms with E-state index >= 15 is 0 Å². The molecule has 1 rings (SSSR count). The van der Waals surface area contributed by atoms with E-state index < -0.39 is 0 Å². The van der Waals surface area contributed by atoms with Gasteiger partial charge in [-0.25, -0.2) is 0 Å². The number of nitriles is 1. The number of nitrogens with zero attached hydrogens (tertiary/aromatic N) is 1. The topological polar surface area (TPSA) is 71.3 Å². The van der Waals surface area contributed by atoms with Crippen molar-refractivity contribution >= 4 is 5.91 Å². The van der Waals surface area contributed by atoms with Gasteiger partial charge in [-0.15, -0.1) is 0 Å². The van der Waals surface area contributed by atoms with Crippen LogP contribution in [0, 0.1) is 11.3 Å². The summed E-state index contributed by atoms with van der Waals surface area (Å²) < 4.78 is 10.1. The first-order valence-corrected chi connectivity index (χ1v) is 6.08. The number of amides is 1. The number of ether oxygens (including phenoxy) is 2. The summed E-state index contributed by atoms with van der Waals surface area (Å²) in [7, 11) is 1.61. The van der Waals surface area contributed by atoms with E-state index in [-0.39, 0.29) is 5.91 Å². The Kier molecular flexibility index (Phi) is 7.25. The molecule has 1 amide bonds. The van der Waals surface area contributed by atoms with Crippen molar-refractivity contribution in [3.8, 4) is 6.07 Å². The molecule has 102 valence electrons. The lowest BCUT2D eigenvalue weighted by atomic mass is 10.1. The molecule has 0 aliphatic rings. The van der Waals surface area contributed by atoms with Crippen LogP contribution in [0.4, 0.5) is 0 Å². The Bertz CT molecular complexity index is 423. The van der Waals surface area contributed by atoms with E-state index in [1.807, 2.05) is 6.07 Å². The van der Waals surface area contributed by atoms with Crippen LogP contribution in [0.2, 0.25) is 0 Å². The predicted molar refractivity (Wildman–Crippen MR) is 70.6 cm³/mol. The van der Waals surface area contributed by atoms with E-state index in [1.54, 1.807) is 31.4 Å². The van der Waals surface area contributed by atoms with Gasteiger partial charge in [-0.1, -0.05) is 12.1 Å². The summed E-state index contributed by atoms with van der Waals surface area (Å²) in [6, 6.07) is 9.02. The van der Waals surface area contributed by atoms with Crippen LogP contribution >= 0.6 is 0 Å². The molecule has 19 heavy (non-hydrogen) atoms. The van der Waals surface area contributed by atoms with Gasteiger partial charge in [0.1, 0.15) is 0 Å². The van der Waals surface area contributed by atoms with Gasteiger partial charge in [-0.3, -0.25) is 4.79 Å². The standard InChI is InChI=1S/C14H18N2O3/c1-18-8-9-19-7-6-16-14(17)10-12-2-4-13(11-15)5-3-12/h2-5H,6-10H2,1H3,(H,16,17). The van der Waals surface area contributed by atoms with Gasteiger partial charge < -0.3 is 14.8 Å². The fourth-order valence-corrected chi connectivity index (χ4v) is 1.45. The van der Waals surface area contributed by atoms with E-state index in [4.69, 9.17) is 14.7 Å². The van der Waals surface area contributed by atoms with Gasteiger partial charge in [0.25, 0.3) is 0 Å². The number of methoxy groups -OCH3 is 1. The van der Waals surface area contributed by atoms with Crippen molar-refractivity contribution < 1.29 is 14.3 Å². The third kappa shape index (κ3) is 6.55. The van der Waals surface area contributed by atoms with Gasteiger partial charge in [-0.05, 0) is 17.7 Å². The Hall–Kier alpha value is -1.90. The molecular weight excluding hydrogens is 244 g/mol. The molecule has 0 saturated carbocycles. The number of rotatable bonds is 8. The van der Waals surface area contributed by atoms with Crippen molar-refractivity contribution in [2.24, 2.45) is 0 Å². The molecule has 0 unspecified atom stereocenters. The summed E-state index contributed by atoms with van der Waals surface area (Å²) in [6.07, 6.45) is 0.309. The molecule has 0 aliphatic carbocycles. The monoisotopic (exact) mass is 262 g/mol. The second-order valence-corrected chi connectivity index (χ2v) is 3.94. The number of carbonyl (C=O) groups is 1. The maximum atomic E-state index is 11.6. The Balaban J connectivity index is 2.18. The lowest BCUT2D eigenvalue weighted by Gasteiger charge is -2.06. The van der Waals surface area contributed by atoms with E-state index in [1.165, 1.54) is 0 Å². The minimum atomic E-state index is -0.0555. The average molecular weight is 262 g/mol. The molecule has 0 atom stereocenters. The van der Waals surface area contributed by atoms with Gasteiger partial charge in [-0.2, -0.15) is 5.26 Å². The molecule has 0 heterocycles. The summed E-state index contributed by atoms with van der Waals surface area (Å²) in [5.74, 6) is -0.0555. The number of nitrogens with one attached hydrogen (secondary N) is 1. The fourth-order valence-electron chi connectivity index (χ4n) is 1.45. The second-order valence-electron chi connectivity index (χ2n) is 3.94. The number of hydrogen-bond acceptors (Lipinski definition) is 4. The number of hydrogen-bond donors (Lipinski definition) is 1. The molecule has 0 aromatic heterocycles. The van der Waals surface area contributed by atoms with Crippen LogP contribution in [0.3, 0.4) is 0 Å². The molecule has 0 fully saturated rings. The van der Waals surface area contributed by atoms with Gasteiger partial charge in [0, 0.05) is 13.7 Å². The molecule has 0 saturated heterocycles. The summed E-state index contributed by atoms with van der Waals surface area (Å²) in [5, 5.41) is 11.4. The van der Waals surface area contributed by atoms with E-state index in [9.17, 15) is 4.79 Å². The molecular formula is C14H18N2O3. The lowest BCUT2D eigenvalue weighted by molar-refractivity contribution is -0.120. The molecule has 1 N–H and O–H groups in total. The van der Waals surface area contributed by atoms with Crippen molar-refractivity contribution in [1.82, 2.24) is 5.32 Å². The zero-order valence-corrected chi connectivity index (χ0v) is 11.0. The Morgan fingerprint density at radius 2 is 2.00 bits per heavy atom. The van der Waals surface area contributed by atoms with Crippen molar-refractivity contribution in [3.63, 3.8) is 0 Å². The third-order valence-electron chi connectivity index (χ3n) is 2.45. The predicted octanol–water partition coefficient (Wildman–Crippen LogP) is 0.880. The molecule has 0 aliphatic heterocycles. The molecule has 0 radical (unpaired) electrons. The largest absolute Gasteiger partial charge is 0.382 e. The fraction of sp³-hybridized carbons (Fsp3) is 0.429. The van der Waals surface area contributed by atoms with E-state index in [0.29, 0.717) is 38.3 Å². The lowest BCUT2D eigenvalue weighted by Crippen LogP contribution is -2.28. The normalized spacial score (nSPS) is 9.89. The molecule has 1 aromatic carbocycles. The van der Waals surface area contributed by atoms with Gasteiger partial charge in [0.05, 0.1) is 37.9 Å². The zero-order valence-electron chi connectivity index (χ0n) is 11.0. The number of benzene rings is 1. The van der Waals surface area contributed by atoms with Crippen LogP contribution in [0.25, 0.3) is 0 Å². The van der Waals surface area contributed by atoms with Crippen molar-refractivity contribution in [1.29, 1.82) is 5.26 Å². The smallest absolute Gasteiger partial charge is 0.224 e. The van der Waals surface area contributed by atoms with E-state index in [0.717, 1.165) is 5.56 Å². The first-order valence-electron chi connectivity index (χ1n) is 6.08. The first kappa shape index (κ1) is 15.2. The maximum absolute atomic E-state index is 11.6. The van der Waals surface area contributed by atoms with Crippen LogP contribution in [0.1, 0.15) is 11.1 Å². The van der Waals surface area contributed by atoms with Gasteiger partial charge >= 0.3 is 0 Å². The molecule has 1 aromatic rings. The highest BCUT2D eigenvalue weighted by Gasteiger charge is 2.02. The highest BCUT2D eigenvalue weighted by molar-refractivity contribution is 5.78. The minimum absolute atomic E-state index is 0.0555. The average Bonchev–Trinajstić information content (AvgIpc) is 2.43. The molecule has 5 nitrogen and oxygen atoms in total. The van der Waals surface area contributed by atoms with Crippen LogP contribution in [-0.4, -0.2) is 39.4 Å². The first-order chi connectivity index (χ1) is 9.26. The van der Waals surface area contributed by atoms with Crippen LogP contribution < -0.4 is 5.32 Å². The van der Waals surface area contributed by atoms with Crippen molar-refractivity contribution in [2.45, 2.75) is 6.42 Å². The summed E-state index contributed by atoms with van der Waals surface area (Å²) in [5.41, 5.74) is 1.48. The Labute approximate surface area is 113 Å². The van der Waals surface area contributed by atoms with Crippen molar-refractivity contribution in [2.75, 3.05) is 33.5 Å². The summed E-state index contributed by atoms with van der Waals surface area (Å²) in [4.78, 5) is 11.6. The quantitative estimate of drug-likeness (QED) is 0.706. The Morgan fingerprint density at radius 1 is 1.26 bits per heavy atom.